The molecule has 0 spiro atoms. The minimum atomic E-state index is -2.89. The van der Waals surface area contributed by atoms with E-state index in [9.17, 15) is 19.1 Å². The molecule has 4 rings (SSSR count). The van der Waals surface area contributed by atoms with Crippen LogP contribution < -0.4 is 10.1 Å². The van der Waals surface area contributed by atoms with Gasteiger partial charge < -0.3 is 19.9 Å². The van der Waals surface area contributed by atoms with Crippen LogP contribution in [0.5, 0.6) is 5.75 Å². The number of ether oxygens (including phenoxy) is 2. The summed E-state index contributed by atoms with van der Waals surface area (Å²) in [6, 6.07) is 6.97. The van der Waals surface area contributed by atoms with Gasteiger partial charge >= 0.3 is 6.61 Å². The van der Waals surface area contributed by atoms with Crippen LogP contribution in [0.1, 0.15) is 25.3 Å². The summed E-state index contributed by atoms with van der Waals surface area (Å²) in [6.45, 7) is -1.18. The normalized spacial score (nSPS) is 15.2. The second-order valence-corrected chi connectivity index (χ2v) is 7.92. The second-order valence-electron chi connectivity index (χ2n) is 7.92. The number of anilines is 2. The third-order valence-corrected chi connectivity index (χ3v) is 5.05. The van der Waals surface area contributed by atoms with Crippen LogP contribution >= 0.6 is 0 Å². The van der Waals surface area contributed by atoms with Crippen LogP contribution in [0.2, 0.25) is 0 Å². The van der Waals surface area contributed by atoms with Crippen molar-refractivity contribution in [1.29, 1.82) is 5.26 Å². The molecule has 0 aliphatic heterocycles. The number of nitrogens with one attached hydrogen (secondary N) is 1. The van der Waals surface area contributed by atoms with Gasteiger partial charge in [-0.15, -0.1) is 0 Å². The first kappa shape index (κ1) is 22.6. The molecule has 1 aliphatic rings. The summed E-state index contributed by atoms with van der Waals surface area (Å²) in [4.78, 5) is 8.62. The molecule has 11 heteroatoms. The maximum absolute atomic E-state index is 12.2. The van der Waals surface area contributed by atoms with Crippen LogP contribution in [0.25, 0.3) is 11.1 Å². The zero-order valence-corrected chi connectivity index (χ0v) is 17.8. The van der Waals surface area contributed by atoms with E-state index in [1.807, 2.05) is 6.07 Å². The molecule has 2 N–H and O–H groups in total. The molecule has 0 unspecified atom stereocenters. The molecular formula is C22H22F2N6O3. The number of nitriles is 1. The number of benzene rings is 1. The molecule has 9 nitrogen and oxygen atoms in total. The van der Waals surface area contributed by atoms with Gasteiger partial charge in [-0.3, -0.25) is 4.68 Å². The largest absolute Gasteiger partial charge is 0.487 e. The molecule has 1 aliphatic carbocycles. The van der Waals surface area contributed by atoms with Crippen LogP contribution in [0, 0.1) is 11.3 Å². The second kappa shape index (κ2) is 9.48. The standard InChI is InChI=1S/C22H22F2N6O3/c1-14(12-32-20(23)24)33-19-6-15(2-3-16(19)7-25)17-8-26-21(27-9-17)29-18-10-28-30(11-18)13-22(31)4-5-22/h2-3,6,8-11,14,20,31H,4-5,12-13H2,1H3,(H,26,27,29)/t14-/m0/s1. The molecule has 3 aromatic rings. The first-order chi connectivity index (χ1) is 15.8. The van der Waals surface area contributed by atoms with Gasteiger partial charge in [-0.05, 0) is 37.5 Å². The minimum Gasteiger partial charge on any atom is -0.487 e. The highest BCUT2D eigenvalue weighted by molar-refractivity contribution is 5.66. The Bertz CT molecular complexity index is 1140. The Kier molecular flexibility index (Phi) is 6.48. The van der Waals surface area contributed by atoms with Crippen molar-refractivity contribution >= 4 is 11.6 Å². The zero-order valence-electron chi connectivity index (χ0n) is 17.8. The summed E-state index contributed by atoms with van der Waals surface area (Å²) >= 11 is 0. The molecule has 2 heterocycles. The average Bonchev–Trinajstić information content (AvgIpc) is 3.36. The van der Waals surface area contributed by atoms with Crippen LogP contribution in [-0.2, 0) is 11.3 Å². The van der Waals surface area contributed by atoms with E-state index in [0.717, 1.165) is 12.8 Å². The lowest BCUT2D eigenvalue weighted by Crippen LogP contribution is -2.21. The minimum absolute atomic E-state index is 0.257. The molecule has 0 amide bonds. The van der Waals surface area contributed by atoms with Crippen LogP contribution in [0.4, 0.5) is 20.4 Å². The summed E-state index contributed by atoms with van der Waals surface area (Å²) in [7, 11) is 0. The van der Waals surface area contributed by atoms with E-state index in [0.29, 0.717) is 29.3 Å². The predicted octanol–water partition coefficient (Wildman–Crippen LogP) is 3.49. The Balaban J connectivity index is 1.43. The fourth-order valence-corrected chi connectivity index (χ4v) is 3.14. The van der Waals surface area contributed by atoms with Crippen LogP contribution in [0.15, 0.2) is 43.0 Å². The molecule has 1 atom stereocenters. The summed E-state index contributed by atoms with van der Waals surface area (Å²) in [5, 5.41) is 26.6. The number of halogens is 2. The highest BCUT2D eigenvalue weighted by Gasteiger charge is 2.40. The molecule has 1 saturated carbocycles. The topological polar surface area (TPSA) is 118 Å². The van der Waals surface area contributed by atoms with Gasteiger partial charge in [-0.1, -0.05) is 6.07 Å². The number of aromatic nitrogens is 4. The van der Waals surface area contributed by atoms with Gasteiger partial charge in [0.15, 0.2) is 0 Å². The molecular weight excluding hydrogens is 434 g/mol. The number of nitrogens with zero attached hydrogens (tertiary/aromatic N) is 5. The van der Waals surface area contributed by atoms with E-state index < -0.39 is 18.3 Å². The van der Waals surface area contributed by atoms with Crippen molar-refractivity contribution in [2.24, 2.45) is 0 Å². The van der Waals surface area contributed by atoms with E-state index in [-0.39, 0.29) is 17.9 Å². The summed E-state index contributed by atoms with van der Waals surface area (Å²) in [5.74, 6) is 0.624. The third kappa shape index (κ3) is 6.00. The number of aliphatic hydroxyl groups is 1. The molecule has 1 fully saturated rings. The first-order valence-corrected chi connectivity index (χ1v) is 10.3. The number of hydrogen-bond acceptors (Lipinski definition) is 8. The monoisotopic (exact) mass is 456 g/mol. The van der Waals surface area contributed by atoms with Crippen molar-refractivity contribution in [2.75, 3.05) is 11.9 Å². The van der Waals surface area contributed by atoms with Gasteiger partial charge in [-0.2, -0.15) is 19.1 Å². The van der Waals surface area contributed by atoms with E-state index in [2.05, 4.69) is 25.1 Å². The van der Waals surface area contributed by atoms with Gasteiger partial charge in [0.1, 0.15) is 17.9 Å². The Morgan fingerprint density at radius 3 is 2.67 bits per heavy atom. The van der Waals surface area contributed by atoms with Crippen LogP contribution in [0.3, 0.4) is 0 Å². The average molecular weight is 456 g/mol. The number of hydrogen-bond donors (Lipinski definition) is 2. The summed E-state index contributed by atoms with van der Waals surface area (Å²) in [6.07, 6.45) is 7.52. The molecule has 0 saturated heterocycles. The maximum atomic E-state index is 12.2. The Labute approximate surface area is 188 Å². The first-order valence-electron chi connectivity index (χ1n) is 10.3. The van der Waals surface area contributed by atoms with E-state index in [1.165, 1.54) is 0 Å². The lowest BCUT2D eigenvalue weighted by atomic mass is 10.1. The third-order valence-electron chi connectivity index (χ3n) is 5.05. The predicted molar refractivity (Wildman–Crippen MR) is 114 cm³/mol. The SMILES string of the molecule is C[C@@H](COC(F)F)Oc1cc(-c2cnc(Nc3cnn(CC4(O)CC4)c3)nc2)ccc1C#N. The smallest absolute Gasteiger partial charge is 0.345 e. The van der Waals surface area contributed by atoms with E-state index in [4.69, 9.17) is 4.74 Å². The van der Waals surface area contributed by atoms with Crippen molar-refractivity contribution in [1.82, 2.24) is 19.7 Å². The van der Waals surface area contributed by atoms with Crippen molar-refractivity contribution in [3.8, 4) is 22.9 Å². The molecule has 0 bridgehead atoms. The fourth-order valence-electron chi connectivity index (χ4n) is 3.14. The maximum Gasteiger partial charge on any atom is 0.345 e. The van der Waals surface area contributed by atoms with Crippen molar-refractivity contribution in [3.05, 3.63) is 48.5 Å². The van der Waals surface area contributed by atoms with Crippen molar-refractivity contribution < 1.29 is 23.4 Å². The highest BCUT2D eigenvalue weighted by Crippen LogP contribution is 2.36. The zero-order chi connectivity index (χ0) is 23.4. The highest BCUT2D eigenvalue weighted by atomic mass is 19.3. The Hall–Kier alpha value is -3.62. The van der Waals surface area contributed by atoms with E-state index in [1.54, 1.807) is 54.6 Å². The van der Waals surface area contributed by atoms with Crippen LogP contribution in [-0.4, -0.2) is 49.8 Å². The molecule has 2 aromatic heterocycles. The summed E-state index contributed by atoms with van der Waals surface area (Å²) < 4.78 is 36.1. The molecule has 33 heavy (non-hydrogen) atoms. The molecule has 1 aromatic carbocycles. The van der Waals surface area contributed by atoms with Gasteiger partial charge in [0.25, 0.3) is 0 Å². The van der Waals surface area contributed by atoms with Gasteiger partial charge in [-0.25, -0.2) is 9.97 Å². The van der Waals surface area contributed by atoms with Crippen molar-refractivity contribution in [3.63, 3.8) is 0 Å². The van der Waals surface area contributed by atoms with Crippen molar-refractivity contribution in [2.45, 2.75) is 44.6 Å². The number of alkyl halides is 2. The van der Waals surface area contributed by atoms with Gasteiger partial charge in [0.05, 0.1) is 36.2 Å². The van der Waals surface area contributed by atoms with Gasteiger partial charge in [0, 0.05) is 24.2 Å². The Morgan fingerprint density at radius 2 is 2.00 bits per heavy atom. The quantitative estimate of drug-likeness (QED) is 0.476. The molecule has 172 valence electrons. The summed E-state index contributed by atoms with van der Waals surface area (Å²) in [5.41, 5.74) is 1.70. The van der Waals surface area contributed by atoms with E-state index >= 15 is 0 Å². The van der Waals surface area contributed by atoms with Gasteiger partial charge in [0.2, 0.25) is 5.95 Å². The lowest BCUT2D eigenvalue weighted by Gasteiger charge is -2.16. The fraction of sp³-hybridized carbons (Fsp3) is 0.364. The number of rotatable bonds is 10. The Morgan fingerprint density at radius 1 is 1.24 bits per heavy atom. The lowest BCUT2D eigenvalue weighted by molar-refractivity contribution is -0.142. The molecule has 0 radical (unpaired) electrons.